The Bertz CT molecular complexity index is 520. The highest BCUT2D eigenvalue weighted by molar-refractivity contribution is 6.42. The predicted octanol–water partition coefficient (Wildman–Crippen LogP) is 3.22. The molecule has 4 N–H and O–H groups in total. The summed E-state index contributed by atoms with van der Waals surface area (Å²) in [6.07, 6.45) is 0. The number of halogens is 2. The van der Waals surface area contributed by atoms with E-state index < -0.39 is 0 Å². The molecule has 0 amide bonds. The average molecular weight is 254 g/mol. The van der Waals surface area contributed by atoms with Crippen molar-refractivity contribution in [3.63, 3.8) is 0 Å². The molecule has 3 nitrogen and oxygen atoms in total. The molecule has 1 heterocycles. The Hall–Kier alpha value is -1.45. The van der Waals surface area contributed by atoms with Gasteiger partial charge in [-0.2, -0.15) is 0 Å². The minimum absolute atomic E-state index is 0.376. The Balaban J connectivity index is 2.54. The van der Waals surface area contributed by atoms with Crippen LogP contribution in [0.1, 0.15) is 0 Å². The monoisotopic (exact) mass is 253 g/mol. The van der Waals surface area contributed by atoms with Crippen molar-refractivity contribution in [3.8, 4) is 11.1 Å². The molecule has 0 radical (unpaired) electrons. The van der Waals surface area contributed by atoms with Gasteiger partial charge in [-0.05, 0) is 35.4 Å². The molecular weight excluding hydrogens is 245 g/mol. The van der Waals surface area contributed by atoms with Gasteiger partial charge in [-0.15, -0.1) is 0 Å². The highest BCUT2D eigenvalue weighted by atomic mass is 35.5. The highest BCUT2D eigenvalue weighted by Crippen LogP contribution is 2.29. The average Bonchev–Trinajstić information content (AvgIpc) is 2.20. The third-order valence-electron chi connectivity index (χ3n) is 2.12. The molecule has 0 aliphatic rings. The molecular formula is C11H9Cl2N3. The maximum atomic E-state index is 5.93. The first-order valence-electron chi connectivity index (χ1n) is 4.55. The number of benzene rings is 1. The van der Waals surface area contributed by atoms with Crippen LogP contribution in [0.25, 0.3) is 11.1 Å². The molecule has 0 spiro atoms. The second kappa shape index (κ2) is 4.20. The lowest BCUT2D eigenvalue weighted by molar-refractivity contribution is 1.34. The largest absolute Gasteiger partial charge is 0.384 e. The number of aromatic nitrogens is 1. The number of pyridine rings is 1. The molecule has 1 aromatic heterocycles. The molecule has 0 aliphatic carbocycles. The zero-order valence-electron chi connectivity index (χ0n) is 8.24. The highest BCUT2D eigenvalue weighted by Gasteiger charge is 2.04. The Labute approximate surface area is 103 Å². The van der Waals surface area contributed by atoms with Crippen LogP contribution in [0.4, 0.5) is 11.6 Å². The standard InChI is InChI=1S/C11H9Cl2N3/c12-8-2-1-6(3-9(8)13)7-4-10(14)16-11(15)5-7/h1-5H,(H4,14,15,16). The van der Waals surface area contributed by atoms with Crippen molar-refractivity contribution in [1.82, 2.24) is 4.98 Å². The molecule has 2 rings (SSSR count). The van der Waals surface area contributed by atoms with Crippen molar-refractivity contribution < 1.29 is 0 Å². The minimum atomic E-state index is 0.376. The van der Waals surface area contributed by atoms with Crippen LogP contribution in [0, 0.1) is 0 Å². The first-order valence-corrected chi connectivity index (χ1v) is 5.30. The van der Waals surface area contributed by atoms with Gasteiger partial charge in [-0.25, -0.2) is 4.98 Å². The Morgan fingerprint density at radius 2 is 1.44 bits per heavy atom. The van der Waals surface area contributed by atoms with E-state index >= 15 is 0 Å². The van der Waals surface area contributed by atoms with Crippen molar-refractivity contribution in [2.45, 2.75) is 0 Å². The van der Waals surface area contributed by atoms with E-state index in [9.17, 15) is 0 Å². The number of rotatable bonds is 1. The zero-order valence-corrected chi connectivity index (χ0v) is 9.76. The van der Waals surface area contributed by atoms with Crippen LogP contribution in [0.3, 0.4) is 0 Å². The van der Waals surface area contributed by atoms with Gasteiger partial charge in [-0.3, -0.25) is 0 Å². The van der Waals surface area contributed by atoms with Crippen LogP contribution in [0.2, 0.25) is 10.0 Å². The quantitative estimate of drug-likeness (QED) is 0.821. The summed E-state index contributed by atoms with van der Waals surface area (Å²) in [7, 11) is 0. The number of anilines is 2. The van der Waals surface area contributed by atoms with Crippen LogP contribution in [0.5, 0.6) is 0 Å². The summed E-state index contributed by atoms with van der Waals surface area (Å²) in [5.41, 5.74) is 13.0. The van der Waals surface area contributed by atoms with Crippen molar-refractivity contribution in [2.24, 2.45) is 0 Å². The van der Waals surface area contributed by atoms with Crippen molar-refractivity contribution in [2.75, 3.05) is 11.5 Å². The molecule has 0 atom stereocenters. The van der Waals surface area contributed by atoms with Crippen LogP contribution < -0.4 is 11.5 Å². The van der Waals surface area contributed by atoms with Crippen LogP contribution in [-0.2, 0) is 0 Å². The van der Waals surface area contributed by atoms with E-state index in [1.807, 2.05) is 6.07 Å². The van der Waals surface area contributed by atoms with Crippen LogP contribution in [0.15, 0.2) is 30.3 Å². The predicted molar refractivity (Wildman–Crippen MR) is 68.5 cm³/mol. The fourth-order valence-corrected chi connectivity index (χ4v) is 1.71. The van der Waals surface area contributed by atoms with Gasteiger partial charge in [0.2, 0.25) is 0 Å². The smallest absolute Gasteiger partial charge is 0.126 e. The third kappa shape index (κ3) is 2.21. The van der Waals surface area contributed by atoms with E-state index in [-0.39, 0.29) is 0 Å². The number of nitrogens with two attached hydrogens (primary N) is 2. The number of hydrogen-bond donors (Lipinski definition) is 2. The van der Waals surface area contributed by atoms with Gasteiger partial charge in [0, 0.05) is 0 Å². The van der Waals surface area contributed by atoms with Gasteiger partial charge in [-0.1, -0.05) is 29.3 Å². The number of hydrogen-bond acceptors (Lipinski definition) is 3. The van der Waals surface area contributed by atoms with E-state index in [2.05, 4.69) is 4.98 Å². The van der Waals surface area contributed by atoms with Gasteiger partial charge in [0.25, 0.3) is 0 Å². The lowest BCUT2D eigenvalue weighted by atomic mass is 10.1. The zero-order chi connectivity index (χ0) is 11.7. The van der Waals surface area contributed by atoms with Gasteiger partial charge >= 0.3 is 0 Å². The van der Waals surface area contributed by atoms with Crippen molar-refractivity contribution in [1.29, 1.82) is 0 Å². The third-order valence-corrected chi connectivity index (χ3v) is 2.86. The summed E-state index contributed by atoms with van der Waals surface area (Å²) in [6.45, 7) is 0. The molecule has 0 saturated carbocycles. The molecule has 0 unspecified atom stereocenters. The summed E-state index contributed by atoms with van der Waals surface area (Å²) >= 11 is 11.8. The molecule has 0 saturated heterocycles. The summed E-state index contributed by atoms with van der Waals surface area (Å²) in [5.74, 6) is 0.752. The maximum Gasteiger partial charge on any atom is 0.126 e. The normalized spacial score (nSPS) is 10.4. The Morgan fingerprint density at radius 1 is 0.812 bits per heavy atom. The lowest BCUT2D eigenvalue weighted by Crippen LogP contribution is -1.96. The molecule has 5 heteroatoms. The second-order valence-electron chi connectivity index (χ2n) is 3.33. The SMILES string of the molecule is Nc1cc(-c2ccc(Cl)c(Cl)c2)cc(N)n1. The molecule has 0 aliphatic heterocycles. The van der Waals surface area contributed by atoms with Crippen molar-refractivity contribution in [3.05, 3.63) is 40.4 Å². The van der Waals surface area contributed by atoms with E-state index in [1.165, 1.54) is 0 Å². The molecule has 16 heavy (non-hydrogen) atoms. The van der Waals surface area contributed by atoms with Crippen LogP contribution >= 0.6 is 23.2 Å². The first-order chi connectivity index (χ1) is 7.56. The van der Waals surface area contributed by atoms with Gasteiger partial charge in [0.1, 0.15) is 11.6 Å². The first kappa shape index (κ1) is 11.0. The van der Waals surface area contributed by atoms with E-state index in [0.717, 1.165) is 11.1 Å². The molecule has 82 valence electrons. The summed E-state index contributed by atoms with van der Waals surface area (Å²) in [6, 6.07) is 8.80. The summed E-state index contributed by atoms with van der Waals surface area (Å²) in [5, 5.41) is 1.01. The Morgan fingerprint density at radius 3 is 2.00 bits per heavy atom. The van der Waals surface area contributed by atoms with Gasteiger partial charge < -0.3 is 11.5 Å². The molecule has 0 bridgehead atoms. The van der Waals surface area contributed by atoms with Crippen LogP contribution in [-0.4, -0.2) is 4.98 Å². The summed E-state index contributed by atoms with van der Waals surface area (Å²) in [4.78, 5) is 3.90. The Kier molecular flexibility index (Phi) is 2.90. The van der Waals surface area contributed by atoms with E-state index in [1.54, 1.807) is 24.3 Å². The van der Waals surface area contributed by atoms with Gasteiger partial charge in [0.05, 0.1) is 10.0 Å². The van der Waals surface area contributed by atoms with Crippen molar-refractivity contribution >= 4 is 34.8 Å². The fourth-order valence-electron chi connectivity index (χ4n) is 1.42. The van der Waals surface area contributed by atoms with E-state index in [0.29, 0.717) is 21.7 Å². The molecule has 1 aromatic carbocycles. The number of nitrogens with zero attached hydrogens (tertiary/aromatic N) is 1. The number of nitrogen functional groups attached to an aromatic ring is 2. The summed E-state index contributed by atoms with van der Waals surface area (Å²) < 4.78 is 0. The van der Waals surface area contributed by atoms with E-state index in [4.69, 9.17) is 34.7 Å². The topological polar surface area (TPSA) is 64.9 Å². The molecule has 0 fully saturated rings. The second-order valence-corrected chi connectivity index (χ2v) is 4.15. The van der Waals surface area contributed by atoms with Gasteiger partial charge in [0.15, 0.2) is 0 Å². The maximum absolute atomic E-state index is 5.93. The minimum Gasteiger partial charge on any atom is -0.384 e. The molecule has 2 aromatic rings. The fraction of sp³-hybridized carbons (Fsp3) is 0. The lowest BCUT2D eigenvalue weighted by Gasteiger charge is -2.05.